The van der Waals surface area contributed by atoms with E-state index in [0.29, 0.717) is 6.54 Å². The molecule has 0 spiro atoms. The lowest BCUT2D eigenvalue weighted by atomic mass is 10.0. The third-order valence-corrected chi connectivity index (χ3v) is 7.17. The Kier molecular flexibility index (Phi) is 16.7. The van der Waals surface area contributed by atoms with Gasteiger partial charge in [0.25, 0.3) is 0 Å². The molecule has 0 radical (unpaired) electrons. The first-order valence-electron chi connectivity index (χ1n) is 14.9. The Morgan fingerprint density at radius 1 is 0.923 bits per heavy atom. The molecule has 1 aliphatic rings. The normalized spacial score (nSPS) is 20.7. The summed E-state index contributed by atoms with van der Waals surface area (Å²) in [4.78, 5) is 32.8. The molecule has 5 N–H and O–H groups in total. The fourth-order valence-electron chi connectivity index (χ4n) is 4.77. The summed E-state index contributed by atoms with van der Waals surface area (Å²) in [5, 5.41) is 31.7. The SMILES string of the molecule is CCCCCCCCCCCCCCCCCCNC(=O)ONc1ccn([C@@H]2O[C@H](CO)[C@H](O)[C@@H]2O)c(=O)n1. The first-order valence-corrected chi connectivity index (χ1v) is 14.9. The van der Waals surface area contributed by atoms with E-state index in [1.54, 1.807) is 0 Å². The molecule has 4 atom stereocenters. The molecule has 1 amide bonds. The quantitative estimate of drug-likeness (QED) is 0.111. The Bertz CT molecular complexity index is 853. The second kappa shape index (κ2) is 19.8. The molecule has 0 saturated carbocycles. The number of carbonyl (C=O) groups excluding carboxylic acids is 1. The van der Waals surface area contributed by atoms with Crippen LogP contribution in [-0.2, 0) is 9.57 Å². The lowest BCUT2D eigenvalue weighted by molar-refractivity contribution is -0.0549. The average Bonchev–Trinajstić information content (AvgIpc) is 3.22. The molecule has 0 aliphatic carbocycles. The van der Waals surface area contributed by atoms with Crippen LogP contribution in [0.1, 0.15) is 116 Å². The van der Waals surface area contributed by atoms with E-state index in [4.69, 9.17) is 9.57 Å². The number of carbonyl (C=O) groups is 1. The number of nitrogens with zero attached hydrogens (tertiary/aromatic N) is 2. The summed E-state index contributed by atoms with van der Waals surface area (Å²) < 4.78 is 6.31. The second-order valence-corrected chi connectivity index (χ2v) is 10.5. The maximum Gasteiger partial charge on any atom is 0.431 e. The van der Waals surface area contributed by atoms with Crippen LogP contribution in [0.3, 0.4) is 0 Å². The Labute approximate surface area is 232 Å². The predicted octanol–water partition coefficient (Wildman–Crippen LogP) is 4.17. The summed E-state index contributed by atoms with van der Waals surface area (Å²) in [6.07, 6.45) is 16.3. The summed E-state index contributed by atoms with van der Waals surface area (Å²) in [5.41, 5.74) is 1.54. The molecule has 2 heterocycles. The largest absolute Gasteiger partial charge is 0.431 e. The van der Waals surface area contributed by atoms with Crippen LogP contribution in [0, 0.1) is 0 Å². The van der Waals surface area contributed by atoms with Crippen molar-refractivity contribution in [2.24, 2.45) is 0 Å². The highest BCUT2D eigenvalue weighted by Gasteiger charge is 2.43. The minimum atomic E-state index is -1.40. The van der Waals surface area contributed by atoms with Crippen molar-refractivity contribution in [1.82, 2.24) is 14.9 Å². The Morgan fingerprint density at radius 3 is 1.95 bits per heavy atom. The lowest BCUT2D eigenvalue weighted by Gasteiger charge is -2.17. The molecule has 11 heteroatoms. The summed E-state index contributed by atoms with van der Waals surface area (Å²) in [6.45, 7) is 2.26. The van der Waals surface area contributed by atoms with Gasteiger partial charge in [-0.2, -0.15) is 10.5 Å². The van der Waals surface area contributed by atoms with E-state index >= 15 is 0 Å². The van der Waals surface area contributed by atoms with E-state index in [-0.39, 0.29) is 5.82 Å². The van der Waals surface area contributed by atoms with Crippen LogP contribution in [0.4, 0.5) is 10.6 Å². The first-order chi connectivity index (χ1) is 19.0. The number of amides is 1. The fraction of sp³-hybridized carbons (Fsp3) is 0.821. The molecular formula is C28H50N4O7. The minimum Gasteiger partial charge on any atom is -0.394 e. The van der Waals surface area contributed by atoms with E-state index in [0.717, 1.165) is 23.8 Å². The van der Waals surface area contributed by atoms with Crippen molar-refractivity contribution < 1.29 is 29.7 Å². The highest BCUT2D eigenvalue weighted by Crippen LogP contribution is 2.28. The maximum absolute atomic E-state index is 12.3. The van der Waals surface area contributed by atoms with E-state index in [1.807, 2.05) is 0 Å². The number of rotatable bonds is 21. The van der Waals surface area contributed by atoms with Crippen LogP contribution in [0.15, 0.2) is 17.1 Å². The van der Waals surface area contributed by atoms with Crippen molar-refractivity contribution in [3.8, 4) is 0 Å². The molecule has 1 saturated heterocycles. The second-order valence-electron chi connectivity index (χ2n) is 10.5. The zero-order valence-electron chi connectivity index (χ0n) is 23.6. The standard InChI is InChI=1S/C28H50N4O7/c1-2-3-4-5-6-7-8-9-10-11-12-13-14-15-16-17-19-29-28(37)39-31-23-18-20-32(27(36)30-23)26-25(35)24(34)22(21-33)38-26/h18,20,22,24-26,33-35H,2-17,19,21H2,1H3,(H,29,37)(H,30,31,36)/t22-,24+,25+,26-/m1/s1. The molecule has 2 rings (SSSR count). The molecule has 224 valence electrons. The summed E-state index contributed by atoms with van der Waals surface area (Å²) in [6, 6.07) is 1.36. The van der Waals surface area contributed by atoms with Crippen LogP contribution >= 0.6 is 0 Å². The van der Waals surface area contributed by atoms with Crippen molar-refractivity contribution in [3.05, 3.63) is 22.7 Å². The van der Waals surface area contributed by atoms with Crippen LogP contribution in [0.2, 0.25) is 0 Å². The number of nitrogens with one attached hydrogen (secondary N) is 2. The van der Waals surface area contributed by atoms with Gasteiger partial charge in [-0.15, -0.1) is 0 Å². The Balaban J connectivity index is 1.45. The van der Waals surface area contributed by atoms with E-state index < -0.39 is 42.9 Å². The molecule has 1 fully saturated rings. The van der Waals surface area contributed by atoms with Gasteiger partial charge in [0.05, 0.1) is 6.61 Å². The van der Waals surface area contributed by atoms with Crippen molar-refractivity contribution >= 4 is 11.9 Å². The van der Waals surface area contributed by atoms with Crippen molar-refractivity contribution in [2.75, 3.05) is 18.6 Å². The molecule has 1 aromatic rings. The smallest absolute Gasteiger partial charge is 0.394 e. The number of aromatic nitrogens is 2. The Morgan fingerprint density at radius 2 is 1.46 bits per heavy atom. The molecule has 0 aromatic carbocycles. The van der Waals surface area contributed by atoms with Gasteiger partial charge in [-0.05, 0) is 6.42 Å². The van der Waals surface area contributed by atoms with E-state index in [2.05, 4.69) is 22.7 Å². The predicted molar refractivity (Wildman–Crippen MR) is 149 cm³/mol. The van der Waals surface area contributed by atoms with Gasteiger partial charge in [-0.3, -0.25) is 4.57 Å². The zero-order chi connectivity index (χ0) is 28.3. The van der Waals surface area contributed by atoms with Gasteiger partial charge in [0, 0.05) is 18.8 Å². The molecule has 11 nitrogen and oxygen atoms in total. The van der Waals surface area contributed by atoms with Crippen molar-refractivity contribution in [1.29, 1.82) is 0 Å². The zero-order valence-corrected chi connectivity index (χ0v) is 23.6. The van der Waals surface area contributed by atoms with Crippen LogP contribution in [0.5, 0.6) is 0 Å². The Hall–Kier alpha value is -2.21. The first kappa shape index (κ1) is 33.0. The van der Waals surface area contributed by atoms with Crippen LogP contribution in [-0.4, -0.2) is 62.4 Å². The minimum absolute atomic E-state index is 0.000511. The monoisotopic (exact) mass is 554 g/mol. The van der Waals surface area contributed by atoms with E-state index in [9.17, 15) is 24.9 Å². The molecule has 39 heavy (non-hydrogen) atoms. The third kappa shape index (κ3) is 12.7. The third-order valence-electron chi connectivity index (χ3n) is 7.17. The maximum atomic E-state index is 12.3. The van der Waals surface area contributed by atoms with Gasteiger partial charge in [-0.25, -0.2) is 9.59 Å². The van der Waals surface area contributed by atoms with Crippen molar-refractivity contribution in [2.45, 2.75) is 134 Å². The lowest BCUT2D eigenvalue weighted by Crippen LogP contribution is -2.36. The fourth-order valence-corrected chi connectivity index (χ4v) is 4.77. The van der Waals surface area contributed by atoms with Crippen molar-refractivity contribution in [3.63, 3.8) is 0 Å². The number of hydrogen-bond acceptors (Lipinski definition) is 9. The van der Waals surface area contributed by atoms with Gasteiger partial charge in [-0.1, -0.05) is 103 Å². The van der Waals surface area contributed by atoms with Gasteiger partial charge in [0.1, 0.15) is 18.3 Å². The molecular weight excluding hydrogens is 504 g/mol. The molecule has 0 unspecified atom stereocenters. The van der Waals surface area contributed by atoms with Gasteiger partial charge < -0.3 is 30.2 Å². The van der Waals surface area contributed by atoms with E-state index in [1.165, 1.54) is 95.7 Å². The summed E-state index contributed by atoms with van der Waals surface area (Å²) in [7, 11) is 0. The summed E-state index contributed by atoms with van der Waals surface area (Å²) >= 11 is 0. The highest BCUT2D eigenvalue weighted by molar-refractivity contribution is 5.67. The molecule has 1 aliphatic heterocycles. The number of aliphatic hydroxyl groups excluding tert-OH is 3. The molecule has 1 aromatic heterocycles. The van der Waals surface area contributed by atoms with Gasteiger partial charge in [0.15, 0.2) is 12.0 Å². The van der Waals surface area contributed by atoms with Crippen LogP contribution < -0.4 is 16.5 Å². The topological polar surface area (TPSA) is 155 Å². The number of anilines is 1. The highest BCUT2D eigenvalue weighted by atomic mass is 16.7. The van der Waals surface area contributed by atoms with Gasteiger partial charge in [0.2, 0.25) is 0 Å². The number of unbranched alkanes of at least 4 members (excludes halogenated alkanes) is 15. The number of aliphatic hydroxyl groups is 3. The number of hydrogen-bond donors (Lipinski definition) is 5. The van der Waals surface area contributed by atoms with Gasteiger partial charge >= 0.3 is 11.8 Å². The average molecular weight is 555 g/mol. The summed E-state index contributed by atoms with van der Waals surface area (Å²) in [5.74, 6) is 0.000511. The van der Waals surface area contributed by atoms with Crippen LogP contribution in [0.25, 0.3) is 0 Å². The molecule has 0 bridgehead atoms. The number of ether oxygens (including phenoxy) is 1.